The molecule has 0 atom stereocenters. The number of ether oxygens (including phenoxy) is 1. The Kier molecular flexibility index (Phi) is 4.99. The monoisotopic (exact) mass is 198 g/mol. The van der Waals surface area contributed by atoms with Gasteiger partial charge in [-0.3, -0.25) is 4.79 Å². The van der Waals surface area contributed by atoms with E-state index >= 15 is 0 Å². The molecule has 0 unspecified atom stereocenters. The summed E-state index contributed by atoms with van der Waals surface area (Å²) < 4.78 is 5.25. The van der Waals surface area contributed by atoms with Crippen LogP contribution in [0.15, 0.2) is 0 Å². The van der Waals surface area contributed by atoms with E-state index in [-0.39, 0.29) is 5.97 Å². The summed E-state index contributed by atoms with van der Waals surface area (Å²) in [6, 6.07) is 0. The van der Waals surface area contributed by atoms with Gasteiger partial charge in [0.05, 0.1) is 6.61 Å². The second kappa shape index (κ2) is 6.05. The fourth-order valence-corrected chi connectivity index (χ4v) is 1.96. The van der Waals surface area contributed by atoms with Crippen LogP contribution in [-0.2, 0) is 9.53 Å². The molecular weight excluding hydrogens is 176 g/mol. The van der Waals surface area contributed by atoms with Crippen LogP contribution in [0.4, 0.5) is 0 Å². The number of rotatable bonds is 4. The maximum atomic E-state index is 11.3. The third-order valence-electron chi connectivity index (χ3n) is 2.78. The Morgan fingerprint density at radius 2 is 1.93 bits per heavy atom. The Labute approximate surface area is 87.0 Å². The SMILES string of the molecule is CC(C)CC(=O)OCC1CCCCC1. The van der Waals surface area contributed by atoms with Crippen LogP contribution < -0.4 is 0 Å². The molecule has 0 aromatic rings. The third kappa shape index (κ3) is 4.64. The van der Waals surface area contributed by atoms with Crippen LogP contribution >= 0.6 is 0 Å². The first-order valence-corrected chi connectivity index (χ1v) is 5.84. The van der Waals surface area contributed by atoms with Gasteiger partial charge in [-0.2, -0.15) is 0 Å². The highest BCUT2D eigenvalue weighted by Gasteiger charge is 2.15. The average Bonchev–Trinajstić information content (AvgIpc) is 2.15. The first-order chi connectivity index (χ1) is 6.68. The number of hydrogen-bond donors (Lipinski definition) is 0. The van der Waals surface area contributed by atoms with Gasteiger partial charge in [-0.1, -0.05) is 33.1 Å². The van der Waals surface area contributed by atoms with Crippen molar-refractivity contribution in [2.45, 2.75) is 52.4 Å². The predicted molar refractivity (Wildman–Crippen MR) is 57.0 cm³/mol. The van der Waals surface area contributed by atoms with Crippen molar-refractivity contribution in [2.24, 2.45) is 11.8 Å². The zero-order chi connectivity index (χ0) is 10.4. The topological polar surface area (TPSA) is 26.3 Å². The molecule has 0 spiro atoms. The van der Waals surface area contributed by atoms with E-state index in [9.17, 15) is 4.79 Å². The molecule has 0 aromatic carbocycles. The molecule has 0 radical (unpaired) electrons. The van der Waals surface area contributed by atoms with E-state index in [4.69, 9.17) is 4.74 Å². The quantitative estimate of drug-likeness (QED) is 0.649. The van der Waals surface area contributed by atoms with E-state index in [2.05, 4.69) is 0 Å². The minimum Gasteiger partial charge on any atom is -0.465 e. The summed E-state index contributed by atoms with van der Waals surface area (Å²) in [6.45, 7) is 4.75. The van der Waals surface area contributed by atoms with Gasteiger partial charge in [0.25, 0.3) is 0 Å². The predicted octanol–water partition coefficient (Wildman–Crippen LogP) is 3.16. The summed E-state index contributed by atoms with van der Waals surface area (Å²) in [7, 11) is 0. The molecule has 0 saturated heterocycles. The molecule has 1 aliphatic carbocycles. The number of carbonyl (C=O) groups is 1. The Balaban J connectivity index is 2.09. The molecule has 0 aliphatic heterocycles. The molecule has 1 saturated carbocycles. The van der Waals surface area contributed by atoms with Crippen LogP contribution in [0.2, 0.25) is 0 Å². The maximum Gasteiger partial charge on any atom is 0.306 e. The van der Waals surface area contributed by atoms with Crippen molar-refractivity contribution in [3.8, 4) is 0 Å². The highest BCUT2D eigenvalue weighted by molar-refractivity contribution is 5.69. The molecule has 0 aromatic heterocycles. The summed E-state index contributed by atoms with van der Waals surface area (Å²) in [5, 5.41) is 0. The molecule has 1 fully saturated rings. The van der Waals surface area contributed by atoms with Gasteiger partial charge in [-0.15, -0.1) is 0 Å². The average molecular weight is 198 g/mol. The lowest BCUT2D eigenvalue weighted by molar-refractivity contribution is -0.146. The van der Waals surface area contributed by atoms with E-state index in [0.29, 0.717) is 24.9 Å². The minimum atomic E-state index is -0.0226. The van der Waals surface area contributed by atoms with Gasteiger partial charge in [-0.25, -0.2) is 0 Å². The van der Waals surface area contributed by atoms with E-state index < -0.39 is 0 Å². The third-order valence-corrected chi connectivity index (χ3v) is 2.78. The minimum absolute atomic E-state index is 0.0226. The number of hydrogen-bond acceptors (Lipinski definition) is 2. The molecular formula is C12H22O2. The molecule has 0 heterocycles. The second-order valence-corrected chi connectivity index (χ2v) is 4.79. The molecule has 2 heteroatoms. The van der Waals surface area contributed by atoms with Gasteiger partial charge >= 0.3 is 5.97 Å². The Morgan fingerprint density at radius 1 is 1.29 bits per heavy atom. The highest BCUT2D eigenvalue weighted by Crippen LogP contribution is 2.23. The summed E-state index contributed by atoms with van der Waals surface area (Å²) in [5.41, 5.74) is 0. The van der Waals surface area contributed by atoms with Crippen LogP contribution in [0.1, 0.15) is 52.4 Å². The Bertz CT molecular complexity index is 169. The first-order valence-electron chi connectivity index (χ1n) is 5.84. The van der Waals surface area contributed by atoms with Crippen molar-refractivity contribution in [2.75, 3.05) is 6.61 Å². The van der Waals surface area contributed by atoms with Crippen LogP contribution in [0.3, 0.4) is 0 Å². The smallest absolute Gasteiger partial charge is 0.306 e. The van der Waals surface area contributed by atoms with Gasteiger partial charge in [0.15, 0.2) is 0 Å². The number of esters is 1. The van der Waals surface area contributed by atoms with Crippen molar-refractivity contribution in [1.82, 2.24) is 0 Å². The Hall–Kier alpha value is -0.530. The van der Waals surface area contributed by atoms with Crippen molar-refractivity contribution in [1.29, 1.82) is 0 Å². The van der Waals surface area contributed by atoms with E-state index in [1.165, 1.54) is 32.1 Å². The normalized spacial score (nSPS) is 18.5. The van der Waals surface area contributed by atoms with E-state index in [1.54, 1.807) is 0 Å². The highest BCUT2D eigenvalue weighted by atomic mass is 16.5. The molecule has 1 aliphatic rings. The lowest BCUT2D eigenvalue weighted by atomic mass is 9.90. The summed E-state index contributed by atoms with van der Waals surface area (Å²) in [6.07, 6.45) is 7.03. The van der Waals surface area contributed by atoms with E-state index in [1.807, 2.05) is 13.8 Å². The Morgan fingerprint density at radius 3 is 2.50 bits per heavy atom. The fraction of sp³-hybridized carbons (Fsp3) is 0.917. The second-order valence-electron chi connectivity index (χ2n) is 4.79. The zero-order valence-corrected chi connectivity index (χ0v) is 9.42. The van der Waals surface area contributed by atoms with Gasteiger partial charge in [0.1, 0.15) is 0 Å². The standard InChI is InChI=1S/C12H22O2/c1-10(2)8-12(13)14-9-11-6-4-3-5-7-11/h10-11H,3-9H2,1-2H3. The summed E-state index contributed by atoms with van der Waals surface area (Å²) >= 11 is 0. The molecule has 0 bridgehead atoms. The molecule has 1 rings (SSSR count). The fourth-order valence-electron chi connectivity index (χ4n) is 1.96. The largest absolute Gasteiger partial charge is 0.465 e. The molecule has 0 N–H and O–H groups in total. The lowest BCUT2D eigenvalue weighted by Gasteiger charge is -2.21. The summed E-state index contributed by atoms with van der Waals surface area (Å²) in [4.78, 5) is 11.3. The maximum absolute atomic E-state index is 11.3. The molecule has 2 nitrogen and oxygen atoms in total. The van der Waals surface area contributed by atoms with Gasteiger partial charge in [0.2, 0.25) is 0 Å². The van der Waals surface area contributed by atoms with Gasteiger partial charge < -0.3 is 4.74 Å². The van der Waals surface area contributed by atoms with Crippen LogP contribution in [-0.4, -0.2) is 12.6 Å². The van der Waals surface area contributed by atoms with Crippen molar-refractivity contribution >= 4 is 5.97 Å². The first kappa shape index (κ1) is 11.5. The summed E-state index contributed by atoms with van der Waals surface area (Å²) in [5.74, 6) is 1.03. The van der Waals surface area contributed by atoms with Gasteiger partial charge in [0, 0.05) is 6.42 Å². The molecule has 82 valence electrons. The lowest BCUT2D eigenvalue weighted by Crippen LogP contribution is -2.17. The van der Waals surface area contributed by atoms with Gasteiger partial charge in [-0.05, 0) is 24.7 Å². The van der Waals surface area contributed by atoms with Crippen molar-refractivity contribution < 1.29 is 9.53 Å². The number of carbonyl (C=O) groups excluding carboxylic acids is 1. The van der Waals surface area contributed by atoms with Crippen LogP contribution in [0, 0.1) is 11.8 Å². The van der Waals surface area contributed by atoms with E-state index in [0.717, 1.165) is 0 Å². The van der Waals surface area contributed by atoms with Crippen LogP contribution in [0.25, 0.3) is 0 Å². The van der Waals surface area contributed by atoms with Crippen LogP contribution in [0.5, 0.6) is 0 Å². The van der Waals surface area contributed by atoms with Crippen molar-refractivity contribution in [3.63, 3.8) is 0 Å². The molecule has 0 amide bonds. The molecule has 14 heavy (non-hydrogen) atoms. The van der Waals surface area contributed by atoms with Crippen molar-refractivity contribution in [3.05, 3.63) is 0 Å². The zero-order valence-electron chi connectivity index (χ0n) is 9.42.